The second-order valence-corrected chi connectivity index (χ2v) is 10.00. The molecule has 1 saturated carbocycles. The van der Waals surface area contributed by atoms with E-state index in [0.29, 0.717) is 36.5 Å². The average molecular weight is 475 g/mol. The van der Waals surface area contributed by atoms with Gasteiger partial charge in [-0.3, -0.25) is 14.6 Å². The smallest absolute Gasteiger partial charge is 0.228 e. The third-order valence-electron chi connectivity index (χ3n) is 6.82. The van der Waals surface area contributed by atoms with Crippen LogP contribution in [0.1, 0.15) is 40.8 Å². The van der Waals surface area contributed by atoms with Crippen LogP contribution in [0.4, 0.5) is 5.00 Å². The van der Waals surface area contributed by atoms with E-state index in [4.69, 9.17) is 4.74 Å². The molecule has 5 rings (SSSR count). The summed E-state index contributed by atoms with van der Waals surface area (Å²) in [6.45, 7) is 1.04. The standard InChI is InChI=1S/C26H26N4O3S/c1-33-22-5-3-2-4-17(22)19-13-20(19)25(32)29-26-21(14-27)18-8-11-30(15-23(18)34-26)24(31)12-16-6-9-28-10-7-16/h3,5-7,9-10,19-20H,2,4,8,11-13,15H2,1H3,(H,29,32). The van der Waals surface area contributed by atoms with Crippen molar-refractivity contribution < 1.29 is 14.3 Å². The summed E-state index contributed by atoms with van der Waals surface area (Å²) >= 11 is 1.42. The lowest BCUT2D eigenvalue weighted by atomic mass is 9.98. The molecule has 3 aliphatic rings. The average Bonchev–Trinajstić information content (AvgIpc) is 3.59. The summed E-state index contributed by atoms with van der Waals surface area (Å²) in [6.07, 6.45) is 11.1. The summed E-state index contributed by atoms with van der Waals surface area (Å²) in [7, 11) is 1.67. The molecule has 2 aromatic heterocycles. The number of nitriles is 1. The Kier molecular flexibility index (Phi) is 6.20. The van der Waals surface area contributed by atoms with Crippen LogP contribution in [-0.2, 0) is 33.7 Å². The summed E-state index contributed by atoms with van der Waals surface area (Å²) in [6, 6.07) is 5.98. The minimum Gasteiger partial charge on any atom is -0.497 e. The van der Waals surface area contributed by atoms with Crippen molar-refractivity contribution in [1.82, 2.24) is 9.88 Å². The van der Waals surface area contributed by atoms with Gasteiger partial charge in [0, 0.05) is 29.7 Å². The van der Waals surface area contributed by atoms with Crippen LogP contribution in [0.3, 0.4) is 0 Å². The van der Waals surface area contributed by atoms with Gasteiger partial charge in [0.1, 0.15) is 16.8 Å². The number of methoxy groups -OCH3 is 1. The Morgan fingerprint density at radius 3 is 2.91 bits per heavy atom. The van der Waals surface area contributed by atoms with Crippen molar-refractivity contribution in [2.75, 3.05) is 19.0 Å². The minimum atomic E-state index is -0.0873. The summed E-state index contributed by atoms with van der Waals surface area (Å²) in [4.78, 5) is 32.6. The highest BCUT2D eigenvalue weighted by molar-refractivity contribution is 7.16. The maximum absolute atomic E-state index is 13.0. The van der Waals surface area contributed by atoms with Crippen LogP contribution in [0.25, 0.3) is 0 Å². The van der Waals surface area contributed by atoms with E-state index < -0.39 is 0 Å². The number of carbonyl (C=O) groups excluding carboxylic acids is 2. The molecule has 0 aromatic carbocycles. The Morgan fingerprint density at radius 1 is 1.32 bits per heavy atom. The van der Waals surface area contributed by atoms with Crippen LogP contribution in [0, 0.1) is 23.2 Å². The molecule has 2 unspecified atom stereocenters. The molecular weight excluding hydrogens is 448 g/mol. The van der Waals surface area contributed by atoms with Crippen molar-refractivity contribution in [1.29, 1.82) is 5.26 Å². The highest BCUT2D eigenvalue weighted by Gasteiger charge is 2.46. The second kappa shape index (κ2) is 9.43. The number of fused-ring (bicyclic) bond motifs is 1. The molecule has 1 fully saturated rings. The van der Waals surface area contributed by atoms with Gasteiger partial charge in [-0.25, -0.2) is 0 Å². The molecule has 7 nitrogen and oxygen atoms in total. The molecular formula is C26H26N4O3S. The van der Waals surface area contributed by atoms with Crippen LogP contribution in [-0.4, -0.2) is 35.4 Å². The molecule has 2 amide bonds. The van der Waals surface area contributed by atoms with Crippen molar-refractivity contribution >= 4 is 28.2 Å². The Labute approximate surface area is 202 Å². The maximum atomic E-state index is 13.0. The highest BCUT2D eigenvalue weighted by Crippen LogP contribution is 2.49. The zero-order chi connectivity index (χ0) is 23.7. The molecule has 174 valence electrons. The number of nitrogens with zero attached hydrogens (tertiary/aromatic N) is 3. The number of nitrogens with one attached hydrogen (secondary N) is 1. The first-order valence-electron chi connectivity index (χ1n) is 11.5. The molecule has 0 spiro atoms. The predicted molar refractivity (Wildman–Crippen MR) is 129 cm³/mol. The summed E-state index contributed by atoms with van der Waals surface area (Å²) in [5.41, 5.74) is 3.66. The van der Waals surface area contributed by atoms with Gasteiger partial charge in [0.25, 0.3) is 0 Å². The Bertz CT molecular complexity index is 1220. The topological polar surface area (TPSA) is 95.3 Å². The normalized spacial score (nSPS) is 21.0. The number of ether oxygens (including phenoxy) is 1. The third kappa shape index (κ3) is 4.36. The van der Waals surface area contributed by atoms with Crippen molar-refractivity contribution in [3.63, 3.8) is 0 Å². The first-order valence-corrected chi connectivity index (χ1v) is 12.4. The van der Waals surface area contributed by atoms with E-state index in [0.717, 1.165) is 41.0 Å². The third-order valence-corrected chi connectivity index (χ3v) is 7.96. The Morgan fingerprint density at radius 2 is 2.15 bits per heavy atom. The molecule has 8 heteroatoms. The molecule has 0 bridgehead atoms. The lowest BCUT2D eigenvalue weighted by Gasteiger charge is -2.27. The number of carbonyl (C=O) groups is 2. The molecule has 1 N–H and O–H groups in total. The van der Waals surface area contributed by atoms with Gasteiger partial charge in [-0.1, -0.05) is 6.08 Å². The van der Waals surface area contributed by atoms with Gasteiger partial charge in [-0.2, -0.15) is 5.26 Å². The summed E-state index contributed by atoms with van der Waals surface area (Å²) in [5.74, 6) is 1.02. The Balaban J connectivity index is 1.27. The van der Waals surface area contributed by atoms with Gasteiger partial charge in [0.15, 0.2) is 0 Å². The summed E-state index contributed by atoms with van der Waals surface area (Å²) < 4.78 is 5.49. The number of pyridine rings is 1. The van der Waals surface area contributed by atoms with Gasteiger partial charge >= 0.3 is 0 Å². The minimum absolute atomic E-state index is 0.0387. The van der Waals surface area contributed by atoms with E-state index in [1.54, 1.807) is 19.5 Å². The van der Waals surface area contributed by atoms with Crippen molar-refractivity contribution in [3.8, 4) is 6.07 Å². The van der Waals surface area contributed by atoms with E-state index in [2.05, 4.69) is 22.4 Å². The highest BCUT2D eigenvalue weighted by atomic mass is 32.1. The number of thiophene rings is 1. The van der Waals surface area contributed by atoms with E-state index in [-0.39, 0.29) is 23.7 Å². The molecule has 2 aliphatic carbocycles. The number of allylic oxidation sites excluding steroid dienone is 3. The molecule has 0 radical (unpaired) electrons. The van der Waals surface area contributed by atoms with Gasteiger partial charge < -0.3 is 15.0 Å². The predicted octanol–water partition coefficient (Wildman–Crippen LogP) is 3.97. The van der Waals surface area contributed by atoms with E-state index in [1.165, 1.54) is 16.9 Å². The molecule has 2 atom stereocenters. The molecule has 0 saturated heterocycles. The van der Waals surface area contributed by atoms with E-state index in [9.17, 15) is 14.9 Å². The summed E-state index contributed by atoms with van der Waals surface area (Å²) in [5, 5.41) is 13.4. The number of hydrogen-bond donors (Lipinski definition) is 1. The molecule has 3 heterocycles. The Hall–Kier alpha value is -3.44. The van der Waals surface area contributed by atoms with Gasteiger partial charge in [-0.05, 0) is 66.5 Å². The van der Waals surface area contributed by atoms with Crippen LogP contribution >= 0.6 is 11.3 Å². The fourth-order valence-corrected chi connectivity index (χ4v) is 6.13. The number of anilines is 1. The van der Waals surface area contributed by atoms with Crippen LogP contribution in [0.5, 0.6) is 0 Å². The van der Waals surface area contributed by atoms with Crippen molar-refractivity contribution in [2.45, 2.75) is 38.6 Å². The van der Waals surface area contributed by atoms with E-state index >= 15 is 0 Å². The number of rotatable bonds is 6. The number of aromatic nitrogens is 1. The second-order valence-electron chi connectivity index (χ2n) is 8.89. The zero-order valence-corrected chi connectivity index (χ0v) is 19.9. The first kappa shape index (κ1) is 22.4. The lowest BCUT2D eigenvalue weighted by molar-refractivity contribution is -0.131. The van der Waals surface area contributed by atoms with Crippen LogP contribution < -0.4 is 5.32 Å². The van der Waals surface area contributed by atoms with Crippen LogP contribution in [0.2, 0.25) is 0 Å². The SMILES string of the molecule is COC1=C(C2CC2C(=O)Nc2sc3c(c2C#N)CCN(C(=O)Cc2ccncc2)C3)CCC=C1. The molecule has 1 aliphatic heterocycles. The van der Waals surface area contributed by atoms with Crippen LogP contribution in [0.15, 0.2) is 48.0 Å². The number of hydrogen-bond acceptors (Lipinski definition) is 6. The van der Waals surface area contributed by atoms with E-state index in [1.807, 2.05) is 23.1 Å². The fourth-order valence-electron chi connectivity index (χ4n) is 4.91. The monoisotopic (exact) mass is 474 g/mol. The lowest BCUT2D eigenvalue weighted by Crippen LogP contribution is -2.36. The quantitative estimate of drug-likeness (QED) is 0.684. The van der Waals surface area contributed by atoms with Gasteiger partial charge in [0.05, 0.1) is 25.6 Å². The largest absolute Gasteiger partial charge is 0.497 e. The first-order chi connectivity index (χ1) is 16.6. The molecule has 2 aromatic rings. The van der Waals surface area contributed by atoms with Gasteiger partial charge in [0.2, 0.25) is 11.8 Å². The fraction of sp³-hybridized carbons (Fsp3) is 0.385. The maximum Gasteiger partial charge on any atom is 0.228 e. The van der Waals surface area contributed by atoms with Crippen molar-refractivity contribution in [3.05, 3.63) is 69.6 Å². The van der Waals surface area contributed by atoms with Gasteiger partial charge in [-0.15, -0.1) is 11.3 Å². The number of amides is 2. The zero-order valence-electron chi connectivity index (χ0n) is 19.0. The molecule has 34 heavy (non-hydrogen) atoms. The van der Waals surface area contributed by atoms with Crippen molar-refractivity contribution in [2.24, 2.45) is 11.8 Å².